The normalized spacial score (nSPS) is 20.8. The van der Waals surface area contributed by atoms with Crippen LogP contribution in [0.3, 0.4) is 0 Å². The van der Waals surface area contributed by atoms with E-state index in [1.807, 2.05) is 4.90 Å². The molecule has 6 nitrogen and oxygen atoms in total. The lowest BCUT2D eigenvalue weighted by Crippen LogP contribution is -2.44. The van der Waals surface area contributed by atoms with Gasteiger partial charge in [0, 0.05) is 17.7 Å². The van der Waals surface area contributed by atoms with Gasteiger partial charge in [0.1, 0.15) is 12.1 Å². The molecule has 0 aliphatic carbocycles. The van der Waals surface area contributed by atoms with E-state index in [1.54, 1.807) is 12.3 Å². The monoisotopic (exact) mass is 222 g/mol. The Labute approximate surface area is 93.5 Å². The van der Waals surface area contributed by atoms with Crippen molar-refractivity contribution in [3.63, 3.8) is 0 Å². The van der Waals surface area contributed by atoms with E-state index in [-0.39, 0.29) is 17.5 Å². The van der Waals surface area contributed by atoms with Crippen LogP contribution in [0.1, 0.15) is 19.3 Å². The second kappa shape index (κ2) is 4.87. The van der Waals surface area contributed by atoms with Gasteiger partial charge in [0.25, 0.3) is 0 Å². The molecule has 1 saturated heterocycles. The van der Waals surface area contributed by atoms with Gasteiger partial charge in [-0.2, -0.15) is 0 Å². The maximum Gasteiger partial charge on any atom is 0.223 e. The van der Waals surface area contributed by atoms with E-state index in [0.717, 1.165) is 31.6 Å². The molecule has 0 saturated carbocycles. The van der Waals surface area contributed by atoms with Crippen molar-refractivity contribution >= 4 is 5.82 Å². The number of rotatable bonds is 3. The molecule has 1 aromatic heterocycles. The lowest BCUT2D eigenvalue weighted by atomic mass is 10.0. The molecule has 1 aromatic rings. The van der Waals surface area contributed by atoms with Crippen LogP contribution in [-0.4, -0.2) is 34.0 Å². The number of hydrogen-bond acceptors (Lipinski definition) is 5. The Morgan fingerprint density at radius 1 is 1.56 bits per heavy atom. The summed E-state index contributed by atoms with van der Waals surface area (Å²) in [7, 11) is 0. The third-order valence-electron chi connectivity index (χ3n) is 2.85. The van der Waals surface area contributed by atoms with E-state index >= 15 is 0 Å². The molecule has 2 heterocycles. The summed E-state index contributed by atoms with van der Waals surface area (Å²) in [6.45, 7) is 0.833. The van der Waals surface area contributed by atoms with Crippen LogP contribution in [0.4, 0.5) is 5.82 Å². The van der Waals surface area contributed by atoms with Crippen LogP contribution in [-0.2, 0) is 0 Å². The molecule has 0 spiro atoms. The first-order chi connectivity index (χ1) is 7.77. The molecule has 1 atom stereocenters. The fourth-order valence-corrected chi connectivity index (χ4v) is 2.12. The zero-order valence-corrected chi connectivity index (χ0v) is 8.95. The highest BCUT2D eigenvalue weighted by atomic mass is 16.6. The molecule has 86 valence electrons. The fourth-order valence-electron chi connectivity index (χ4n) is 2.12. The number of nitro groups is 1. The predicted octanol–water partition coefficient (Wildman–Crippen LogP) is 1.11. The van der Waals surface area contributed by atoms with E-state index in [1.165, 1.54) is 6.33 Å². The highest BCUT2D eigenvalue weighted by Crippen LogP contribution is 2.22. The lowest BCUT2D eigenvalue weighted by Gasteiger charge is -2.34. The molecule has 1 fully saturated rings. The van der Waals surface area contributed by atoms with Crippen LogP contribution in [0.25, 0.3) is 0 Å². The summed E-state index contributed by atoms with van der Waals surface area (Å²) in [5, 5.41) is 10.6. The van der Waals surface area contributed by atoms with E-state index in [4.69, 9.17) is 0 Å². The van der Waals surface area contributed by atoms with Gasteiger partial charge in [0.2, 0.25) is 6.54 Å². The van der Waals surface area contributed by atoms with E-state index in [0.29, 0.717) is 0 Å². The molecule has 2 rings (SSSR count). The van der Waals surface area contributed by atoms with Crippen LogP contribution in [0, 0.1) is 10.1 Å². The molecule has 0 radical (unpaired) electrons. The summed E-state index contributed by atoms with van der Waals surface area (Å²) in [4.78, 5) is 20.4. The third kappa shape index (κ3) is 2.44. The van der Waals surface area contributed by atoms with Gasteiger partial charge < -0.3 is 4.90 Å². The Bertz CT molecular complexity index is 357. The van der Waals surface area contributed by atoms with Crippen LogP contribution in [0.15, 0.2) is 18.6 Å². The van der Waals surface area contributed by atoms with Gasteiger partial charge in [0.05, 0.1) is 6.04 Å². The third-order valence-corrected chi connectivity index (χ3v) is 2.85. The van der Waals surface area contributed by atoms with E-state index in [2.05, 4.69) is 9.97 Å². The number of aromatic nitrogens is 2. The second-order valence-electron chi connectivity index (χ2n) is 3.93. The van der Waals surface area contributed by atoms with Crippen molar-refractivity contribution in [1.29, 1.82) is 0 Å². The molecular formula is C10H14N4O2. The zero-order valence-electron chi connectivity index (χ0n) is 8.95. The van der Waals surface area contributed by atoms with Gasteiger partial charge in [0.15, 0.2) is 0 Å². The van der Waals surface area contributed by atoms with Crippen molar-refractivity contribution in [3.05, 3.63) is 28.7 Å². The summed E-state index contributed by atoms with van der Waals surface area (Å²) < 4.78 is 0. The summed E-state index contributed by atoms with van der Waals surface area (Å²) in [6.07, 6.45) is 6.14. The number of piperidine rings is 1. The summed E-state index contributed by atoms with van der Waals surface area (Å²) in [5.41, 5.74) is 0. The van der Waals surface area contributed by atoms with Gasteiger partial charge in [-0.05, 0) is 25.3 Å². The molecule has 1 aliphatic heterocycles. The summed E-state index contributed by atoms with van der Waals surface area (Å²) in [5.74, 6) is 0.793. The lowest BCUT2D eigenvalue weighted by molar-refractivity contribution is -0.482. The Hall–Kier alpha value is -1.72. The van der Waals surface area contributed by atoms with Crippen molar-refractivity contribution in [3.8, 4) is 0 Å². The molecule has 16 heavy (non-hydrogen) atoms. The quantitative estimate of drug-likeness (QED) is 0.566. The molecule has 1 unspecified atom stereocenters. The number of hydrogen-bond donors (Lipinski definition) is 0. The van der Waals surface area contributed by atoms with Crippen molar-refractivity contribution in [2.75, 3.05) is 18.0 Å². The Kier molecular flexibility index (Phi) is 3.28. The van der Waals surface area contributed by atoms with Crippen molar-refractivity contribution in [2.45, 2.75) is 25.3 Å². The smallest absolute Gasteiger partial charge is 0.223 e. The average Bonchev–Trinajstić information content (AvgIpc) is 2.30. The highest BCUT2D eigenvalue weighted by Gasteiger charge is 2.27. The molecule has 0 N–H and O–H groups in total. The molecule has 1 aliphatic rings. The minimum absolute atomic E-state index is 0.00992. The maximum atomic E-state index is 10.6. The largest absolute Gasteiger partial charge is 0.347 e. The first kappa shape index (κ1) is 10.8. The van der Waals surface area contributed by atoms with Crippen molar-refractivity contribution < 1.29 is 4.92 Å². The topological polar surface area (TPSA) is 72.2 Å². The summed E-state index contributed by atoms with van der Waals surface area (Å²) >= 11 is 0. The number of nitrogens with zero attached hydrogens (tertiary/aromatic N) is 4. The SMILES string of the molecule is O=[N+]([O-])CC1CCCCN1c1ccncn1. The van der Waals surface area contributed by atoms with Crippen molar-refractivity contribution in [2.24, 2.45) is 0 Å². The first-order valence-corrected chi connectivity index (χ1v) is 5.42. The Morgan fingerprint density at radius 3 is 3.12 bits per heavy atom. The van der Waals surface area contributed by atoms with Gasteiger partial charge in [-0.3, -0.25) is 10.1 Å². The van der Waals surface area contributed by atoms with Crippen LogP contribution in [0.2, 0.25) is 0 Å². The fraction of sp³-hybridized carbons (Fsp3) is 0.600. The summed E-state index contributed by atoms with van der Waals surface area (Å²) in [6, 6.07) is 1.77. The average molecular weight is 222 g/mol. The standard InChI is InChI=1S/C10H14N4O2/c15-14(16)7-9-3-1-2-6-13(9)10-4-5-11-8-12-10/h4-5,8-9H,1-3,6-7H2. The molecule has 6 heteroatoms. The molecule has 0 aromatic carbocycles. The second-order valence-corrected chi connectivity index (χ2v) is 3.93. The Balaban J connectivity index is 2.13. The zero-order chi connectivity index (χ0) is 11.4. The van der Waals surface area contributed by atoms with Gasteiger partial charge >= 0.3 is 0 Å². The minimum Gasteiger partial charge on any atom is -0.347 e. The van der Waals surface area contributed by atoms with Crippen LogP contribution >= 0.6 is 0 Å². The minimum atomic E-state index is -0.246. The molecular weight excluding hydrogens is 208 g/mol. The maximum absolute atomic E-state index is 10.6. The van der Waals surface area contributed by atoms with Gasteiger partial charge in [-0.25, -0.2) is 9.97 Å². The van der Waals surface area contributed by atoms with Crippen LogP contribution in [0.5, 0.6) is 0 Å². The first-order valence-electron chi connectivity index (χ1n) is 5.42. The molecule has 0 bridgehead atoms. The van der Waals surface area contributed by atoms with E-state index < -0.39 is 0 Å². The Morgan fingerprint density at radius 2 is 2.44 bits per heavy atom. The van der Waals surface area contributed by atoms with Gasteiger partial charge in [-0.1, -0.05) is 0 Å². The van der Waals surface area contributed by atoms with Crippen LogP contribution < -0.4 is 4.90 Å². The number of anilines is 1. The predicted molar refractivity (Wildman–Crippen MR) is 58.9 cm³/mol. The van der Waals surface area contributed by atoms with Crippen molar-refractivity contribution in [1.82, 2.24) is 9.97 Å². The van der Waals surface area contributed by atoms with E-state index in [9.17, 15) is 10.1 Å². The van der Waals surface area contributed by atoms with Gasteiger partial charge in [-0.15, -0.1) is 0 Å². The molecule has 0 amide bonds. The highest BCUT2D eigenvalue weighted by molar-refractivity contribution is 5.38.